The minimum Gasteiger partial charge on any atom is -2.00 e. The number of hydrogen-bond donors (Lipinski definition) is 0. The van der Waals surface area contributed by atoms with Gasteiger partial charge in [-0.05, 0) is 0 Å². The molecule has 0 saturated carbocycles. The van der Waals surface area contributed by atoms with Crippen molar-refractivity contribution in [2.75, 3.05) is 0 Å². The first-order valence-electron chi connectivity index (χ1n) is 0. The van der Waals surface area contributed by atoms with Crippen LogP contribution in [0.1, 0.15) is 0 Å². The van der Waals surface area contributed by atoms with Gasteiger partial charge in [-0.3, -0.25) is 0 Å². The Kier molecular flexibility index (Phi) is 2610. The van der Waals surface area contributed by atoms with Gasteiger partial charge in [0.25, 0.3) is 0 Å². The van der Waals surface area contributed by atoms with Crippen molar-refractivity contribution in [3.63, 3.8) is 0 Å². The molecule has 7 heteroatoms. The fourth-order valence-corrected chi connectivity index (χ4v) is 0. The van der Waals surface area contributed by atoms with E-state index >= 15 is 0 Å². The zero-order valence-electron chi connectivity index (χ0n) is 3.79. The molecule has 0 rings (SSSR count). The summed E-state index contributed by atoms with van der Waals surface area (Å²) in [6, 6.07) is 0. The largest absolute Gasteiger partial charge is 3.00 e. The topological polar surface area (TPSA) is 85.5 Å². The van der Waals surface area contributed by atoms with Crippen LogP contribution in [0.15, 0.2) is 0 Å². The van der Waals surface area contributed by atoms with Gasteiger partial charge in [0.1, 0.15) is 0 Å². The molecule has 0 aliphatic heterocycles. The normalized spacial score (nSPS) is 0. The Balaban J connectivity index is 0. The van der Waals surface area contributed by atoms with Gasteiger partial charge in [0.2, 0.25) is 0 Å². The molecule has 2 atom stereocenters. The summed E-state index contributed by atoms with van der Waals surface area (Å²) in [6.07, 6.45) is 0. The van der Waals surface area contributed by atoms with Gasteiger partial charge in [-0.15, -0.1) is 0 Å². The molecule has 0 amide bonds. The smallest absolute Gasteiger partial charge is 2.00 e. The molecule has 3 nitrogen and oxygen atoms in total. The predicted octanol–water partition coefficient (Wildman–Crippen LogP) is -1.00. The van der Waals surface area contributed by atoms with Crippen LogP contribution >= 0.6 is 19.8 Å². The van der Waals surface area contributed by atoms with E-state index in [2.05, 4.69) is 0 Å². The van der Waals surface area contributed by atoms with Crippen molar-refractivity contribution in [2.45, 2.75) is 0 Å². The van der Waals surface area contributed by atoms with Crippen molar-refractivity contribution in [3.8, 4) is 0 Å². The molecule has 0 heterocycles. The molecule has 0 radical (unpaired) electrons. The molecule has 40 valence electrons. The van der Waals surface area contributed by atoms with E-state index in [9.17, 15) is 0 Å². The molecule has 0 aliphatic rings. The molecule has 0 fully saturated rings. The Hall–Kier alpha value is 1.80. The molecule has 0 bridgehead atoms. The van der Waals surface area contributed by atoms with Gasteiger partial charge in [-0.1, -0.05) is 0 Å². The molecule has 0 aliphatic carbocycles. The first-order chi connectivity index (χ1) is 0. The Morgan fingerprint density at radius 2 is 0.429 bits per heavy atom. The van der Waals surface area contributed by atoms with Crippen molar-refractivity contribution in [3.05, 3.63) is 0 Å². The van der Waals surface area contributed by atoms with E-state index in [1.54, 1.807) is 0 Å². The first-order valence-corrected chi connectivity index (χ1v) is 0. The van der Waals surface area contributed by atoms with E-state index < -0.39 is 0 Å². The van der Waals surface area contributed by atoms with Crippen LogP contribution < -0.4 is 0 Å². The van der Waals surface area contributed by atoms with Crippen LogP contribution in [0.5, 0.6) is 0 Å². The third-order valence-corrected chi connectivity index (χ3v) is 0. The molecule has 0 spiro atoms. The summed E-state index contributed by atoms with van der Waals surface area (Å²) < 4.78 is 0. The second-order valence-corrected chi connectivity index (χ2v) is 0. The standard InChI is InChI=1S/2Al.3O.2H3P/h;;;;;2*1H3/q2*+3;3*-2;;. The van der Waals surface area contributed by atoms with Crippen LogP contribution in [0.3, 0.4) is 0 Å². The quantitative estimate of drug-likeness (QED) is 0.329. The van der Waals surface area contributed by atoms with E-state index in [0.717, 1.165) is 0 Å². The first kappa shape index (κ1) is 165. The van der Waals surface area contributed by atoms with Gasteiger partial charge >= 0.3 is 34.7 Å². The van der Waals surface area contributed by atoms with Crippen molar-refractivity contribution < 1.29 is 16.4 Å². The second-order valence-electron chi connectivity index (χ2n) is 0. The maximum absolute atomic E-state index is 0. The van der Waals surface area contributed by atoms with E-state index in [-0.39, 0.29) is 70.9 Å². The summed E-state index contributed by atoms with van der Waals surface area (Å²) >= 11 is 0. The zero-order chi connectivity index (χ0) is 0. The predicted molar refractivity (Wildman–Crippen MR) is 35.8 cm³/mol. The zero-order valence-corrected chi connectivity index (χ0v) is 8.93. The third-order valence-electron chi connectivity index (χ3n) is 0. The summed E-state index contributed by atoms with van der Waals surface area (Å²) in [4.78, 5) is 0. The van der Waals surface area contributed by atoms with Crippen LogP contribution in [0, 0.1) is 0 Å². The van der Waals surface area contributed by atoms with Gasteiger partial charge in [0, 0.05) is 0 Å². The van der Waals surface area contributed by atoms with Gasteiger partial charge < -0.3 is 16.4 Å². The summed E-state index contributed by atoms with van der Waals surface area (Å²) in [5.41, 5.74) is 0. The molecular formula is H6Al2O3P2. The van der Waals surface area contributed by atoms with Crippen LogP contribution in [0.25, 0.3) is 0 Å². The maximum atomic E-state index is 0. The Morgan fingerprint density at radius 3 is 0.429 bits per heavy atom. The average Bonchev–Trinajstić information content (AvgIpc) is 0. The fraction of sp³-hybridized carbons (Fsp3) is 0. The number of rotatable bonds is 0. The van der Waals surface area contributed by atoms with Crippen LogP contribution in [0.4, 0.5) is 0 Å². The van der Waals surface area contributed by atoms with E-state index in [4.69, 9.17) is 0 Å². The van der Waals surface area contributed by atoms with Crippen molar-refractivity contribution in [2.24, 2.45) is 0 Å². The van der Waals surface area contributed by atoms with Gasteiger partial charge in [-0.2, -0.15) is 19.8 Å². The van der Waals surface area contributed by atoms with E-state index in [1.807, 2.05) is 0 Å². The van der Waals surface area contributed by atoms with Crippen LogP contribution in [-0.4, -0.2) is 34.7 Å². The molecular weight excluding hydrogens is 164 g/mol. The van der Waals surface area contributed by atoms with E-state index in [0.29, 0.717) is 0 Å². The second kappa shape index (κ2) is 111. The van der Waals surface area contributed by atoms with Crippen molar-refractivity contribution in [1.82, 2.24) is 0 Å². The summed E-state index contributed by atoms with van der Waals surface area (Å²) in [7, 11) is 0. The van der Waals surface area contributed by atoms with Gasteiger partial charge in [0.05, 0.1) is 0 Å². The molecule has 2 unspecified atom stereocenters. The van der Waals surface area contributed by atoms with Crippen LogP contribution in [0.2, 0.25) is 0 Å². The number of hydrogen-bond acceptors (Lipinski definition) is 0. The maximum Gasteiger partial charge on any atom is 3.00 e. The SMILES string of the molecule is P.P.[Al+3].[Al+3].[O-2].[O-2].[O-2]. The minimum absolute atomic E-state index is 0. The molecule has 7 heavy (non-hydrogen) atoms. The van der Waals surface area contributed by atoms with Crippen molar-refractivity contribution in [1.29, 1.82) is 0 Å². The van der Waals surface area contributed by atoms with E-state index in [1.165, 1.54) is 0 Å². The monoisotopic (exact) mass is 170 g/mol. The van der Waals surface area contributed by atoms with Gasteiger partial charge in [0.15, 0.2) is 0 Å². The summed E-state index contributed by atoms with van der Waals surface area (Å²) in [5, 5.41) is 0. The molecule has 0 saturated heterocycles. The Bertz CT molecular complexity index is 10.9. The average molecular weight is 170 g/mol. The minimum atomic E-state index is 0. The van der Waals surface area contributed by atoms with Crippen LogP contribution in [-0.2, 0) is 16.4 Å². The molecule has 0 aromatic rings. The van der Waals surface area contributed by atoms with Crippen molar-refractivity contribution >= 4 is 54.5 Å². The Morgan fingerprint density at radius 1 is 0.429 bits per heavy atom. The van der Waals surface area contributed by atoms with Gasteiger partial charge in [-0.25, -0.2) is 0 Å². The molecule has 0 N–H and O–H groups in total. The Labute approximate surface area is 71.1 Å². The molecule has 0 aromatic heterocycles. The summed E-state index contributed by atoms with van der Waals surface area (Å²) in [6.45, 7) is 0. The summed E-state index contributed by atoms with van der Waals surface area (Å²) in [5.74, 6) is 0. The fourth-order valence-electron chi connectivity index (χ4n) is 0. The molecule has 0 aromatic carbocycles. The third kappa shape index (κ3) is 80.7.